The monoisotopic (exact) mass is 241 g/mol. The highest BCUT2D eigenvalue weighted by molar-refractivity contribution is 6.04. The zero-order valence-electron chi connectivity index (χ0n) is 10.0. The molecule has 0 aliphatic heterocycles. The number of nitriles is 1. The van der Waals surface area contributed by atoms with E-state index >= 15 is 0 Å². The Kier molecular flexibility index (Phi) is 3.06. The van der Waals surface area contributed by atoms with Crippen LogP contribution in [0.25, 0.3) is 0 Å². The van der Waals surface area contributed by atoms with Crippen molar-refractivity contribution in [2.75, 3.05) is 5.32 Å². The molecule has 0 radical (unpaired) electrons. The summed E-state index contributed by atoms with van der Waals surface area (Å²) < 4.78 is 1.45. The smallest absolute Gasteiger partial charge is 0.256 e. The third kappa shape index (κ3) is 2.20. The quantitative estimate of drug-likeness (QED) is 0.857. The highest BCUT2D eigenvalue weighted by atomic mass is 16.1. The summed E-state index contributed by atoms with van der Waals surface area (Å²) in [6, 6.07) is 5.27. The average molecular weight is 241 g/mol. The van der Waals surface area contributed by atoms with Gasteiger partial charge in [-0.25, -0.2) is 0 Å². The molecule has 0 unspecified atom stereocenters. The molecule has 2 aromatic rings. The van der Waals surface area contributed by atoms with Gasteiger partial charge in [0.2, 0.25) is 0 Å². The summed E-state index contributed by atoms with van der Waals surface area (Å²) in [5, 5.41) is 15.5. The van der Waals surface area contributed by atoms with Crippen molar-refractivity contribution in [3.05, 3.63) is 41.3 Å². The second kappa shape index (κ2) is 4.67. The van der Waals surface area contributed by atoms with Gasteiger partial charge in [0.1, 0.15) is 17.5 Å². The molecule has 1 amide bonds. The molecule has 18 heavy (non-hydrogen) atoms. The lowest BCUT2D eigenvalue weighted by molar-refractivity contribution is 0.102. The number of hydrogen-bond acceptors (Lipinski definition) is 4. The van der Waals surface area contributed by atoms with Crippen LogP contribution in [0.4, 0.5) is 5.82 Å². The van der Waals surface area contributed by atoms with Crippen LogP contribution in [0.5, 0.6) is 0 Å². The van der Waals surface area contributed by atoms with Crippen LogP contribution in [-0.2, 0) is 7.05 Å². The van der Waals surface area contributed by atoms with E-state index in [4.69, 9.17) is 5.26 Å². The van der Waals surface area contributed by atoms with Crippen molar-refractivity contribution < 1.29 is 4.79 Å². The molecule has 0 spiro atoms. The predicted molar refractivity (Wildman–Crippen MR) is 64.9 cm³/mol. The zero-order chi connectivity index (χ0) is 13.1. The fraction of sp³-hybridized carbons (Fsp3) is 0.167. The first-order valence-electron chi connectivity index (χ1n) is 5.28. The topological polar surface area (TPSA) is 83.6 Å². The van der Waals surface area contributed by atoms with Crippen molar-refractivity contribution in [3.63, 3.8) is 0 Å². The van der Waals surface area contributed by atoms with Crippen molar-refractivity contribution in [1.29, 1.82) is 5.26 Å². The summed E-state index contributed by atoms with van der Waals surface area (Å²) in [6.45, 7) is 1.81. The maximum absolute atomic E-state index is 12.0. The van der Waals surface area contributed by atoms with Gasteiger partial charge in [0.15, 0.2) is 0 Å². The standard InChI is InChI=1S/C12H11N5O/c1-8-5-9(3-4-14-8)12(18)16-11-10(6-13)7-15-17(11)2/h3-5,7H,1-2H3,(H,16,18). The molecule has 2 aromatic heterocycles. The zero-order valence-corrected chi connectivity index (χ0v) is 10.0. The number of nitrogens with one attached hydrogen (secondary N) is 1. The minimum Gasteiger partial charge on any atom is -0.306 e. The molecule has 0 saturated heterocycles. The van der Waals surface area contributed by atoms with Gasteiger partial charge in [-0.2, -0.15) is 10.4 Å². The van der Waals surface area contributed by atoms with Crippen LogP contribution in [0.1, 0.15) is 21.6 Å². The molecule has 2 heterocycles. The molecule has 6 heteroatoms. The maximum atomic E-state index is 12.0. The van der Waals surface area contributed by atoms with E-state index in [1.54, 1.807) is 25.4 Å². The Hall–Kier alpha value is -2.68. The fourth-order valence-electron chi connectivity index (χ4n) is 1.53. The van der Waals surface area contributed by atoms with Crippen LogP contribution in [-0.4, -0.2) is 20.7 Å². The number of anilines is 1. The third-order valence-electron chi connectivity index (χ3n) is 2.45. The molecule has 0 aliphatic carbocycles. The largest absolute Gasteiger partial charge is 0.306 e. The van der Waals surface area contributed by atoms with Crippen molar-refractivity contribution in [1.82, 2.24) is 14.8 Å². The molecule has 1 N–H and O–H groups in total. The fourth-order valence-corrected chi connectivity index (χ4v) is 1.53. The Morgan fingerprint density at radius 2 is 2.33 bits per heavy atom. The number of hydrogen-bond donors (Lipinski definition) is 1. The van der Waals surface area contributed by atoms with E-state index in [0.29, 0.717) is 16.9 Å². The van der Waals surface area contributed by atoms with E-state index < -0.39 is 0 Å². The van der Waals surface area contributed by atoms with Gasteiger partial charge in [-0.15, -0.1) is 0 Å². The van der Waals surface area contributed by atoms with Crippen LogP contribution in [0, 0.1) is 18.3 Å². The number of carbonyl (C=O) groups excluding carboxylic acids is 1. The van der Waals surface area contributed by atoms with Crippen LogP contribution < -0.4 is 5.32 Å². The first-order chi connectivity index (χ1) is 8.61. The molecule has 0 bridgehead atoms. The maximum Gasteiger partial charge on any atom is 0.256 e. The van der Waals surface area contributed by atoms with E-state index in [0.717, 1.165) is 5.69 Å². The van der Waals surface area contributed by atoms with E-state index in [1.807, 2.05) is 13.0 Å². The van der Waals surface area contributed by atoms with E-state index in [9.17, 15) is 4.79 Å². The predicted octanol–water partition coefficient (Wildman–Crippen LogP) is 1.25. The summed E-state index contributed by atoms with van der Waals surface area (Å²) in [6.07, 6.45) is 2.98. The minimum absolute atomic E-state index is 0.291. The SMILES string of the molecule is Cc1cc(C(=O)Nc2c(C#N)cnn2C)ccn1. The van der Waals surface area contributed by atoms with Gasteiger partial charge in [0.05, 0.1) is 6.20 Å². The molecular formula is C12H11N5O. The second-order valence-corrected chi connectivity index (χ2v) is 3.78. The van der Waals surface area contributed by atoms with Crippen molar-refractivity contribution in [2.45, 2.75) is 6.92 Å². The molecular weight excluding hydrogens is 230 g/mol. The van der Waals surface area contributed by atoms with E-state index in [2.05, 4.69) is 15.4 Å². The average Bonchev–Trinajstić information content (AvgIpc) is 2.70. The minimum atomic E-state index is -0.291. The summed E-state index contributed by atoms with van der Waals surface area (Å²) in [5.41, 5.74) is 1.58. The number of aryl methyl sites for hydroxylation is 2. The van der Waals surface area contributed by atoms with Gasteiger partial charge in [-0.3, -0.25) is 14.5 Å². The van der Waals surface area contributed by atoms with E-state index in [-0.39, 0.29) is 5.91 Å². The van der Waals surface area contributed by atoms with Crippen molar-refractivity contribution in [2.24, 2.45) is 7.05 Å². The third-order valence-corrected chi connectivity index (χ3v) is 2.45. The number of amides is 1. The molecule has 2 rings (SSSR count). The van der Waals surface area contributed by atoms with Crippen molar-refractivity contribution >= 4 is 11.7 Å². The van der Waals surface area contributed by atoms with Crippen LogP contribution in [0.15, 0.2) is 24.5 Å². The van der Waals surface area contributed by atoms with Gasteiger partial charge < -0.3 is 5.32 Å². The Balaban J connectivity index is 2.27. The summed E-state index contributed by atoms with van der Waals surface area (Å²) in [4.78, 5) is 16.0. The van der Waals surface area contributed by atoms with E-state index in [1.165, 1.54) is 10.9 Å². The lowest BCUT2D eigenvalue weighted by Crippen LogP contribution is -2.15. The normalized spacial score (nSPS) is 9.83. The Morgan fingerprint density at radius 1 is 1.56 bits per heavy atom. The molecule has 0 saturated carbocycles. The first kappa shape index (κ1) is 11.8. The van der Waals surface area contributed by atoms with Gasteiger partial charge in [-0.1, -0.05) is 0 Å². The Labute approximate surface area is 104 Å². The second-order valence-electron chi connectivity index (χ2n) is 3.78. The summed E-state index contributed by atoms with van der Waals surface area (Å²) >= 11 is 0. The highest BCUT2D eigenvalue weighted by Crippen LogP contribution is 2.14. The van der Waals surface area contributed by atoms with Gasteiger partial charge in [0.25, 0.3) is 5.91 Å². The number of rotatable bonds is 2. The number of carbonyl (C=O) groups is 1. The number of nitrogens with zero attached hydrogens (tertiary/aromatic N) is 4. The van der Waals surface area contributed by atoms with Gasteiger partial charge >= 0.3 is 0 Å². The molecule has 0 aliphatic rings. The molecule has 6 nitrogen and oxygen atoms in total. The first-order valence-corrected chi connectivity index (χ1v) is 5.28. The lowest BCUT2D eigenvalue weighted by atomic mass is 10.2. The van der Waals surface area contributed by atoms with Gasteiger partial charge in [0, 0.05) is 24.5 Å². The van der Waals surface area contributed by atoms with Crippen LogP contribution >= 0.6 is 0 Å². The molecule has 0 fully saturated rings. The van der Waals surface area contributed by atoms with Gasteiger partial charge in [-0.05, 0) is 19.1 Å². The number of pyridine rings is 1. The summed E-state index contributed by atoms with van der Waals surface area (Å²) in [7, 11) is 1.66. The highest BCUT2D eigenvalue weighted by Gasteiger charge is 2.13. The molecule has 90 valence electrons. The van der Waals surface area contributed by atoms with Crippen LogP contribution in [0.3, 0.4) is 0 Å². The lowest BCUT2D eigenvalue weighted by Gasteiger charge is -2.06. The van der Waals surface area contributed by atoms with Crippen LogP contribution in [0.2, 0.25) is 0 Å². The Morgan fingerprint density at radius 3 is 3.00 bits per heavy atom. The molecule has 0 atom stereocenters. The Bertz CT molecular complexity index is 638. The van der Waals surface area contributed by atoms with Crippen molar-refractivity contribution in [3.8, 4) is 6.07 Å². The summed E-state index contributed by atoms with van der Waals surface area (Å²) in [5.74, 6) is 0.0950. The molecule has 0 aromatic carbocycles. The number of aromatic nitrogens is 3.